The molecule has 0 aromatic heterocycles. The van der Waals surface area contributed by atoms with Crippen LogP contribution in [0.5, 0.6) is 0 Å². The molecule has 0 bridgehead atoms. The summed E-state index contributed by atoms with van der Waals surface area (Å²) in [5.41, 5.74) is 0. The van der Waals surface area contributed by atoms with Crippen molar-refractivity contribution < 1.29 is 37.9 Å². The van der Waals surface area contributed by atoms with Crippen LogP contribution in [0.25, 0.3) is 0 Å². The van der Waals surface area contributed by atoms with E-state index in [4.69, 9.17) is 13.8 Å². The molecule has 0 spiro atoms. The summed E-state index contributed by atoms with van der Waals surface area (Å²) < 4.78 is 26.9. The number of phosphoric ester groups is 1. The van der Waals surface area contributed by atoms with Crippen LogP contribution < -0.4 is 5.32 Å². The monoisotopic (exact) mass is 818 g/mol. The van der Waals surface area contributed by atoms with Gasteiger partial charge < -0.3 is 20.1 Å². The fourth-order valence-electron chi connectivity index (χ4n) is 5.49. The predicted octanol–water partition coefficient (Wildman–Crippen LogP) is 12.4. The molecule has 0 aliphatic heterocycles. The Kier molecular flexibility index (Phi) is 40.7. The summed E-state index contributed by atoms with van der Waals surface area (Å²) in [5, 5.41) is 12.7. The molecule has 0 aliphatic carbocycles. The summed E-state index contributed by atoms with van der Waals surface area (Å²) >= 11 is 0. The molecule has 0 fully saturated rings. The van der Waals surface area contributed by atoms with Crippen LogP contribution in [0, 0.1) is 0 Å². The molecule has 0 aromatic carbocycles. The summed E-state index contributed by atoms with van der Waals surface area (Å²) in [6.45, 7) is 3.35. The van der Waals surface area contributed by atoms with E-state index in [-0.39, 0.29) is 32.1 Å². The molecule has 326 valence electrons. The van der Waals surface area contributed by atoms with E-state index in [1.807, 2.05) is 0 Å². The van der Waals surface area contributed by atoms with Crippen molar-refractivity contribution in [3.05, 3.63) is 85.1 Å². The van der Waals surface area contributed by atoms with Gasteiger partial charge in [-0.3, -0.25) is 18.6 Å². The molecule has 0 saturated heterocycles. The highest BCUT2D eigenvalue weighted by atomic mass is 31.2. The summed E-state index contributed by atoms with van der Waals surface area (Å²) in [7, 11) is -4.43. The first-order valence-electron chi connectivity index (χ1n) is 22.1. The number of hydrogen-bond donors (Lipinski definition) is 3. The predicted molar refractivity (Wildman–Crippen MR) is 238 cm³/mol. The van der Waals surface area contributed by atoms with Crippen molar-refractivity contribution in [3.8, 4) is 0 Å². The normalized spacial score (nSPS) is 14.1. The molecule has 0 rings (SSSR count). The number of ether oxygens (including phenoxy) is 1. The van der Waals surface area contributed by atoms with Gasteiger partial charge in [-0.1, -0.05) is 150 Å². The van der Waals surface area contributed by atoms with E-state index in [2.05, 4.69) is 104 Å². The Bertz CT molecular complexity index is 1210. The number of carbonyl (C=O) groups excluding carboxylic acids is 2. The highest BCUT2D eigenvalue weighted by molar-refractivity contribution is 7.47. The fraction of sp³-hybridized carbons (Fsp3) is 0.660. The average Bonchev–Trinajstić information content (AvgIpc) is 3.20. The molecule has 3 N–H and O–H groups in total. The number of allylic oxidation sites excluding steroid dienone is 14. The summed E-state index contributed by atoms with van der Waals surface area (Å²) in [4.78, 5) is 33.9. The number of phosphoric acid groups is 1. The number of unbranched alkanes of at least 4 members (excludes halogenated alkanes) is 13. The number of aliphatic hydroxyl groups excluding tert-OH is 1. The molecule has 57 heavy (non-hydrogen) atoms. The minimum Gasteiger partial charge on any atom is -0.463 e. The molecule has 10 heteroatoms. The molecule has 0 heterocycles. The minimum absolute atomic E-state index is 0.0684. The molecule has 2 atom stereocenters. The van der Waals surface area contributed by atoms with Crippen molar-refractivity contribution in [1.82, 2.24) is 5.32 Å². The molecular weight excluding hydrogens is 737 g/mol. The Morgan fingerprint density at radius 1 is 0.561 bits per heavy atom. The standard InChI is InChI=1S/C47H80NO8P/c1-3-5-7-9-11-13-15-17-19-21-22-24-26-28-30-32-34-36-38-40-47(51)54-43-45(49)44-56-57(52,53)55-42-41-48-46(50)39-37-35-33-31-29-27-25-23-20-18-16-14-12-10-8-6-4-2/h5,7,11-14,17-20,22,24,28,30,45,49H,3-4,6,8-10,15-16,21,23,25-27,29,31-44H2,1-2H3,(H,48,50)(H,52,53)/b7-5-,13-11-,14-12-,19-17-,20-18-,24-22-,30-28-. The van der Waals surface area contributed by atoms with Crippen molar-refractivity contribution >= 4 is 19.7 Å². The number of aliphatic hydroxyl groups is 1. The number of hydrogen-bond acceptors (Lipinski definition) is 7. The number of esters is 1. The average molecular weight is 818 g/mol. The van der Waals surface area contributed by atoms with Crippen molar-refractivity contribution in [1.29, 1.82) is 0 Å². The lowest BCUT2D eigenvalue weighted by Crippen LogP contribution is -2.27. The van der Waals surface area contributed by atoms with Gasteiger partial charge in [-0.25, -0.2) is 4.57 Å². The second-order valence-electron chi connectivity index (χ2n) is 14.3. The number of amides is 1. The second kappa shape index (κ2) is 42.8. The van der Waals surface area contributed by atoms with E-state index < -0.39 is 26.5 Å². The maximum absolute atomic E-state index is 12.1. The molecule has 9 nitrogen and oxygen atoms in total. The lowest BCUT2D eigenvalue weighted by Gasteiger charge is -2.15. The zero-order valence-electron chi connectivity index (χ0n) is 35.8. The largest absolute Gasteiger partial charge is 0.472 e. The fourth-order valence-corrected chi connectivity index (χ4v) is 6.25. The smallest absolute Gasteiger partial charge is 0.463 e. The van der Waals surface area contributed by atoms with Crippen molar-refractivity contribution in [2.24, 2.45) is 0 Å². The molecule has 0 radical (unpaired) electrons. The van der Waals surface area contributed by atoms with Gasteiger partial charge in [0.25, 0.3) is 0 Å². The van der Waals surface area contributed by atoms with Gasteiger partial charge in [0, 0.05) is 19.4 Å². The van der Waals surface area contributed by atoms with E-state index >= 15 is 0 Å². The first-order chi connectivity index (χ1) is 27.8. The van der Waals surface area contributed by atoms with Crippen molar-refractivity contribution in [2.75, 3.05) is 26.4 Å². The van der Waals surface area contributed by atoms with Gasteiger partial charge in [0.2, 0.25) is 5.91 Å². The third-order valence-corrected chi connectivity index (χ3v) is 9.79. The van der Waals surface area contributed by atoms with Crippen LogP contribution in [0.15, 0.2) is 85.1 Å². The number of nitrogens with one attached hydrogen (secondary N) is 1. The summed E-state index contributed by atoms with van der Waals surface area (Å²) in [6.07, 6.45) is 53.6. The van der Waals surface area contributed by atoms with Gasteiger partial charge in [0.1, 0.15) is 12.7 Å². The zero-order valence-corrected chi connectivity index (χ0v) is 36.6. The van der Waals surface area contributed by atoms with Gasteiger partial charge in [0.15, 0.2) is 0 Å². The highest BCUT2D eigenvalue weighted by Crippen LogP contribution is 2.42. The van der Waals surface area contributed by atoms with Crippen LogP contribution in [-0.2, 0) is 27.9 Å². The maximum atomic E-state index is 12.1. The molecule has 2 unspecified atom stereocenters. The van der Waals surface area contributed by atoms with Crippen LogP contribution in [0.3, 0.4) is 0 Å². The van der Waals surface area contributed by atoms with E-state index in [0.29, 0.717) is 12.8 Å². The van der Waals surface area contributed by atoms with Gasteiger partial charge in [-0.05, 0) is 89.9 Å². The van der Waals surface area contributed by atoms with E-state index in [1.165, 1.54) is 51.4 Å². The first kappa shape index (κ1) is 54.2. The quantitative estimate of drug-likeness (QED) is 0.0241. The summed E-state index contributed by atoms with van der Waals surface area (Å²) in [6, 6.07) is 0. The number of carbonyl (C=O) groups is 2. The van der Waals surface area contributed by atoms with E-state index in [0.717, 1.165) is 83.5 Å². The Hall–Kier alpha value is -2.81. The Labute approximate surface area is 347 Å². The lowest BCUT2D eigenvalue weighted by molar-refractivity contribution is -0.147. The van der Waals surface area contributed by atoms with Crippen LogP contribution in [-0.4, -0.2) is 54.3 Å². The number of rotatable bonds is 40. The first-order valence-corrected chi connectivity index (χ1v) is 23.6. The topological polar surface area (TPSA) is 131 Å². The zero-order chi connectivity index (χ0) is 41.8. The Morgan fingerprint density at radius 2 is 1.00 bits per heavy atom. The molecule has 0 aromatic rings. The van der Waals surface area contributed by atoms with Gasteiger partial charge >= 0.3 is 13.8 Å². The maximum Gasteiger partial charge on any atom is 0.472 e. The van der Waals surface area contributed by atoms with Crippen LogP contribution >= 0.6 is 7.82 Å². The Morgan fingerprint density at radius 3 is 1.53 bits per heavy atom. The third kappa shape index (κ3) is 44.1. The minimum atomic E-state index is -4.43. The molecule has 0 aliphatic rings. The van der Waals surface area contributed by atoms with Gasteiger partial charge in [-0.15, -0.1) is 0 Å². The van der Waals surface area contributed by atoms with E-state index in [1.54, 1.807) is 0 Å². The second-order valence-corrected chi connectivity index (χ2v) is 15.7. The molecule has 0 saturated carbocycles. The molecular formula is C47H80NO8P. The van der Waals surface area contributed by atoms with Gasteiger partial charge in [-0.2, -0.15) is 0 Å². The van der Waals surface area contributed by atoms with Crippen LogP contribution in [0.1, 0.15) is 168 Å². The summed E-state index contributed by atoms with van der Waals surface area (Å²) in [5.74, 6) is -0.563. The van der Waals surface area contributed by atoms with Crippen LogP contribution in [0.2, 0.25) is 0 Å². The lowest BCUT2D eigenvalue weighted by atomic mass is 10.1. The van der Waals surface area contributed by atoms with E-state index in [9.17, 15) is 24.2 Å². The van der Waals surface area contributed by atoms with Crippen molar-refractivity contribution in [2.45, 2.75) is 174 Å². The third-order valence-electron chi connectivity index (χ3n) is 8.81. The highest BCUT2D eigenvalue weighted by Gasteiger charge is 2.23. The van der Waals surface area contributed by atoms with Gasteiger partial charge in [0.05, 0.1) is 13.2 Å². The van der Waals surface area contributed by atoms with Crippen LogP contribution in [0.4, 0.5) is 0 Å². The SMILES string of the molecule is CC/C=C\C/C=C\C/C=C\C/C=C\C/C=C\CCCCCC(=O)OCC(O)COP(=O)(O)OCCNC(=O)CCCCCCCCC/C=C\C/C=C\CCCCC. The Balaban J connectivity index is 3.69. The van der Waals surface area contributed by atoms with Crippen molar-refractivity contribution in [3.63, 3.8) is 0 Å². The molecule has 1 amide bonds.